The monoisotopic (exact) mass is 465 g/mol. The first-order chi connectivity index (χ1) is 14.4. The lowest BCUT2D eigenvalue weighted by molar-refractivity contribution is -0.385. The Balaban J connectivity index is 0.00000341. The highest BCUT2D eigenvalue weighted by Gasteiger charge is 2.20. The Kier molecular flexibility index (Phi) is 8.55. The van der Waals surface area contributed by atoms with Crippen LogP contribution in [0.2, 0.25) is 0 Å². The first kappa shape index (κ1) is 24.3. The van der Waals surface area contributed by atoms with Crippen molar-refractivity contribution in [2.24, 2.45) is 0 Å². The van der Waals surface area contributed by atoms with E-state index in [1.54, 1.807) is 0 Å². The van der Waals surface area contributed by atoms with E-state index in [-0.39, 0.29) is 34.5 Å². The van der Waals surface area contributed by atoms with Gasteiger partial charge in [0.15, 0.2) is 10.9 Å². The molecule has 1 saturated heterocycles. The molecule has 1 heterocycles. The number of benzene rings is 2. The standard InChI is InChI=1S/C20H23N5O4S.ClH/c1-23-9-11-24(12-10-23)16-6-4-3-5-15(16)21-20(30)22-19(26)14-7-8-18(29-2)17(13-14)25(27)28;/h3-8,13H,9-12H2,1-2H3,(H2,21,22,26,30);1H. The van der Waals surface area contributed by atoms with Gasteiger partial charge in [0, 0.05) is 37.8 Å². The largest absolute Gasteiger partial charge is 0.490 e. The number of halogens is 1. The van der Waals surface area contributed by atoms with Gasteiger partial charge < -0.3 is 19.9 Å². The van der Waals surface area contributed by atoms with Gasteiger partial charge in [0.1, 0.15) is 0 Å². The molecule has 1 amide bonds. The zero-order chi connectivity index (χ0) is 21.7. The van der Waals surface area contributed by atoms with Gasteiger partial charge in [-0.25, -0.2) is 0 Å². The summed E-state index contributed by atoms with van der Waals surface area (Å²) in [6.45, 7) is 3.71. The van der Waals surface area contributed by atoms with Crippen molar-refractivity contribution in [2.45, 2.75) is 0 Å². The Morgan fingerprint density at radius 1 is 1.16 bits per heavy atom. The van der Waals surface area contributed by atoms with Crippen molar-refractivity contribution in [2.75, 3.05) is 50.6 Å². The number of carbonyl (C=O) groups is 1. The Labute approximate surface area is 191 Å². The summed E-state index contributed by atoms with van der Waals surface area (Å²) in [5.41, 5.74) is 1.61. The Bertz CT molecular complexity index is 966. The molecule has 2 N–H and O–H groups in total. The fourth-order valence-corrected chi connectivity index (χ4v) is 3.41. The second kappa shape index (κ2) is 10.9. The molecule has 3 rings (SSSR count). The van der Waals surface area contributed by atoms with E-state index in [9.17, 15) is 14.9 Å². The van der Waals surface area contributed by atoms with Crippen molar-refractivity contribution >= 4 is 52.7 Å². The molecule has 0 saturated carbocycles. The number of piperazine rings is 1. The van der Waals surface area contributed by atoms with E-state index in [0.717, 1.165) is 43.6 Å². The number of likely N-dealkylation sites (N-methyl/N-ethyl adjacent to an activating group) is 1. The molecule has 0 radical (unpaired) electrons. The summed E-state index contributed by atoms with van der Waals surface area (Å²) in [7, 11) is 3.43. The van der Waals surface area contributed by atoms with Crippen LogP contribution in [0.5, 0.6) is 5.75 Å². The fraction of sp³-hybridized carbons (Fsp3) is 0.300. The average molecular weight is 466 g/mol. The second-order valence-electron chi connectivity index (χ2n) is 6.86. The molecule has 31 heavy (non-hydrogen) atoms. The number of hydrogen-bond acceptors (Lipinski definition) is 7. The third-order valence-electron chi connectivity index (χ3n) is 4.86. The fourth-order valence-electron chi connectivity index (χ4n) is 3.21. The molecule has 0 aromatic heterocycles. The molecule has 2 aromatic rings. The van der Waals surface area contributed by atoms with Crippen LogP contribution in [-0.4, -0.2) is 61.2 Å². The van der Waals surface area contributed by atoms with Crippen LogP contribution in [0.15, 0.2) is 42.5 Å². The minimum atomic E-state index is -0.599. The third kappa shape index (κ3) is 6.03. The van der Waals surface area contributed by atoms with Crippen LogP contribution < -0.4 is 20.3 Å². The number of nitrogens with zero attached hydrogens (tertiary/aromatic N) is 3. The molecule has 0 spiro atoms. The van der Waals surface area contributed by atoms with Gasteiger partial charge in [0.05, 0.1) is 23.4 Å². The molecule has 1 aliphatic rings. The minimum absolute atomic E-state index is 0. The highest BCUT2D eigenvalue weighted by atomic mass is 35.5. The van der Waals surface area contributed by atoms with Gasteiger partial charge in [-0.3, -0.25) is 20.2 Å². The summed E-state index contributed by atoms with van der Waals surface area (Å²) in [5, 5.41) is 16.9. The SMILES string of the molecule is COc1ccc(C(=O)NC(=S)Nc2ccccc2N2CCN(C)CC2)cc1[N+](=O)[O-].Cl. The minimum Gasteiger partial charge on any atom is -0.490 e. The van der Waals surface area contributed by atoms with Crippen LogP contribution in [0.4, 0.5) is 17.1 Å². The summed E-state index contributed by atoms with van der Waals surface area (Å²) in [6.07, 6.45) is 0. The number of rotatable bonds is 5. The molecule has 166 valence electrons. The number of hydrogen-bond donors (Lipinski definition) is 2. The number of carbonyl (C=O) groups excluding carboxylic acids is 1. The number of para-hydroxylation sites is 2. The predicted molar refractivity (Wildman–Crippen MR) is 127 cm³/mol. The number of nitrogens with one attached hydrogen (secondary N) is 2. The lowest BCUT2D eigenvalue weighted by Crippen LogP contribution is -2.45. The summed E-state index contributed by atoms with van der Waals surface area (Å²) < 4.78 is 4.96. The molecule has 11 heteroatoms. The molecule has 9 nitrogen and oxygen atoms in total. The molecule has 2 aromatic carbocycles. The lowest BCUT2D eigenvalue weighted by Gasteiger charge is -2.35. The molecular formula is C20H24ClN5O4S. The molecule has 1 aliphatic heterocycles. The number of ether oxygens (including phenoxy) is 1. The second-order valence-corrected chi connectivity index (χ2v) is 7.27. The maximum Gasteiger partial charge on any atom is 0.311 e. The number of anilines is 2. The van der Waals surface area contributed by atoms with Gasteiger partial charge in [-0.15, -0.1) is 12.4 Å². The quantitative estimate of drug-likeness (QED) is 0.395. The molecule has 0 unspecified atom stereocenters. The first-order valence-corrected chi connectivity index (χ1v) is 9.77. The Morgan fingerprint density at radius 3 is 2.48 bits per heavy atom. The van der Waals surface area contributed by atoms with E-state index in [4.69, 9.17) is 17.0 Å². The van der Waals surface area contributed by atoms with Crippen LogP contribution in [0.25, 0.3) is 0 Å². The maximum atomic E-state index is 12.5. The van der Waals surface area contributed by atoms with Gasteiger partial charge in [0.25, 0.3) is 5.91 Å². The smallest absolute Gasteiger partial charge is 0.311 e. The van der Waals surface area contributed by atoms with Gasteiger partial charge in [-0.2, -0.15) is 0 Å². The van der Waals surface area contributed by atoms with E-state index in [1.807, 2.05) is 24.3 Å². The van der Waals surface area contributed by atoms with Crippen LogP contribution in [0.3, 0.4) is 0 Å². The highest BCUT2D eigenvalue weighted by molar-refractivity contribution is 7.80. The summed E-state index contributed by atoms with van der Waals surface area (Å²) in [5.74, 6) is -0.464. The van der Waals surface area contributed by atoms with Crippen LogP contribution >= 0.6 is 24.6 Å². The van der Waals surface area contributed by atoms with Crippen molar-refractivity contribution in [3.8, 4) is 5.75 Å². The van der Waals surface area contributed by atoms with E-state index in [2.05, 4.69) is 27.5 Å². The topological polar surface area (TPSA) is 100.0 Å². The van der Waals surface area contributed by atoms with Crippen LogP contribution in [0, 0.1) is 10.1 Å². The van der Waals surface area contributed by atoms with Crippen molar-refractivity contribution < 1.29 is 14.5 Å². The van der Waals surface area contributed by atoms with E-state index >= 15 is 0 Å². The van der Waals surface area contributed by atoms with Gasteiger partial charge >= 0.3 is 5.69 Å². The molecule has 1 fully saturated rings. The van der Waals surface area contributed by atoms with Crippen LogP contribution in [0.1, 0.15) is 10.4 Å². The van der Waals surface area contributed by atoms with Gasteiger partial charge in [-0.05, 0) is 43.5 Å². The van der Waals surface area contributed by atoms with E-state index in [1.165, 1.54) is 19.2 Å². The Morgan fingerprint density at radius 2 is 1.84 bits per heavy atom. The van der Waals surface area contributed by atoms with Crippen molar-refractivity contribution in [1.29, 1.82) is 0 Å². The first-order valence-electron chi connectivity index (χ1n) is 9.36. The summed E-state index contributed by atoms with van der Waals surface area (Å²) in [4.78, 5) is 27.6. The zero-order valence-corrected chi connectivity index (χ0v) is 18.8. The zero-order valence-electron chi connectivity index (χ0n) is 17.2. The lowest BCUT2D eigenvalue weighted by atomic mass is 10.1. The average Bonchev–Trinajstić information content (AvgIpc) is 2.74. The number of nitro benzene ring substituents is 1. The normalized spacial score (nSPS) is 13.7. The predicted octanol–water partition coefficient (Wildman–Crippen LogP) is 2.90. The molecule has 0 atom stereocenters. The summed E-state index contributed by atoms with van der Waals surface area (Å²) >= 11 is 5.30. The van der Waals surface area contributed by atoms with Crippen molar-refractivity contribution in [3.05, 3.63) is 58.1 Å². The van der Waals surface area contributed by atoms with Gasteiger partial charge in [-0.1, -0.05) is 12.1 Å². The number of amides is 1. The number of methoxy groups -OCH3 is 1. The molecule has 0 aliphatic carbocycles. The van der Waals surface area contributed by atoms with E-state index in [0.29, 0.717) is 0 Å². The molecular weight excluding hydrogens is 442 g/mol. The summed E-state index contributed by atoms with van der Waals surface area (Å²) in [6, 6.07) is 11.7. The maximum absolute atomic E-state index is 12.5. The van der Waals surface area contributed by atoms with E-state index < -0.39 is 10.8 Å². The van der Waals surface area contributed by atoms with Crippen LogP contribution in [-0.2, 0) is 0 Å². The van der Waals surface area contributed by atoms with Crippen molar-refractivity contribution in [3.63, 3.8) is 0 Å². The number of nitro groups is 1. The van der Waals surface area contributed by atoms with Crippen molar-refractivity contribution in [1.82, 2.24) is 10.2 Å². The number of thiocarbonyl (C=S) groups is 1. The Hall–Kier alpha value is -2.95. The van der Waals surface area contributed by atoms with Gasteiger partial charge in [0.2, 0.25) is 0 Å². The highest BCUT2D eigenvalue weighted by Crippen LogP contribution is 2.28. The molecule has 0 bridgehead atoms. The third-order valence-corrected chi connectivity index (χ3v) is 5.07.